The van der Waals surface area contributed by atoms with Gasteiger partial charge in [-0.25, -0.2) is 4.79 Å². The molecule has 0 aliphatic carbocycles. The molecule has 6 heteroatoms. The van der Waals surface area contributed by atoms with Crippen LogP contribution in [0.3, 0.4) is 0 Å². The van der Waals surface area contributed by atoms with E-state index in [4.69, 9.17) is 28.3 Å². The van der Waals surface area contributed by atoms with Crippen LogP contribution in [0.2, 0.25) is 10.0 Å². The predicted octanol–water partition coefficient (Wildman–Crippen LogP) is 3.61. The van der Waals surface area contributed by atoms with Crippen molar-refractivity contribution in [2.45, 2.75) is 12.5 Å². The lowest BCUT2D eigenvalue weighted by atomic mass is 10.2. The molecule has 1 rings (SSSR count). The predicted molar refractivity (Wildman–Crippen MR) is 74.5 cm³/mol. The molecule has 1 aromatic carbocycles. The minimum atomic E-state index is -0.879. The standard InChI is InChI=1S/C11H13Cl2NO2S/c1-17-3-2-10(11(15)16)14-9-5-7(12)4-8(13)6-9/h4-6,10,14H,2-3H2,1H3,(H,15,16). The monoisotopic (exact) mass is 293 g/mol. The molecule has 0 aliphatic rings. The number of nitrogens with one attached hydrogen (secondary N) is 1. The van der Waals surface area contributed by atoms with E-state index in [-0.39, 0.29) is 0 Å². The van der Waals surface area contributed by atoms with E-state index < -0.39 is 12.0 Å². The topological polar surface area (TPSA) is 49.3 Å². The molecular formula is C11H13Cl2NO2S. The van der Waals surface area contributed by atoms with E-state index in [1.54, 1.807) is 30.0 Å². The number of thioether (sulfide) groups is 1. The van der Waals surface area contributed by atoms with E-state index in [1.807, 2.05) is 6.26 Å². The summed E-state index contributed by atoms with van der Waals surface area (Å²) < 4.78 is 0. The molecule has 0 saturated heterocycles. The van der Waals surface area contributed by atoms with Gasteiger partial charge in [0.15, 0.2) is 0 Å². The maximum absolute atomic E-state index is 11.0. The van der Waals surface area contributed by atoms with E-state index >= 15 is 0 Å². The van der Waals surface area contributed by atoms with Crippen LogP contribution in [0.15, 0.2) is 18.2 Å². The van der Waals surface area contributed by atoms with Crippen molar-refractivity contribution in [1.82, 2.24) is 0 Å². The number of aliphatic carboxylic acids is 1. The first-order chi connectivity index (χ1) is 8.02. The summed E-state index contributed by atoms with van der Waals surface area (Å²) in [5, 5.41) is 12.9. The summed E-state index contributed by atoms with van der Waals surface area (Å²) in [4.78, 5) is 11.0. The third kappa shape index (κ3) is 5.06. The molecule has 1 unspecified atom stereocenters. The van der Waals surface area contributed by atoms with E-state index in [9.17, 15) is 4.79 Å². The third-order valence-electron chi connectivity index (χ3n) is 2.11. The number of hydrogen-bond donors (Lipinski definition) is 2. The number of carboxylic acids is 1. The van der Waals surface area contributed by atoms with E-state index in [0.29, 0.717) is 22.2 Å². The number of hydrogen-bond acceptors (Lipinski definition) is 3. The van der Waals surface area contributed by atoms with Gasteiger partial charge in [0, 0.05) is 15.7 Å². The van der Waals surface area contributed by atoms with Gasteiger partial charge in [-0.05, 0) is 36.6 Å². The quantitative estimate of drug-likeness (QED) is 0.841. The highest BCUT2D eigenvalue weighted by Gasteiger charge is 2.16. The van der Waals surface area contributed by atoms with Crippen molar-refractivity contribution >= 4 is 46.6 Å². The lowest BCUT2D eigenvalue weighted by molar-refractivity contribution is -0.137. The molecule has 0 aromatic heterocycles. The fourth-order valence-corrected chi connectivity index (χ4v) is 2.33. The van der Waals surface area contributed by atoms with Crippen LogP contribution in [-0.4, -0.2) is 29.1 Å². The number of halogens is 2. The van der Waals surface area contributed by atoms with Crippen LogP contribution in [-0.2, 0) is 4.79 Å². The summed E-state index contributed by atoms with van der Waals surface area (Å²) in [7, 11) is 0. The zero-order chi connectivity index (χ0) is 12.8. The maximum Gasteiger partial charge on any atom is 0.326 e. The molecule has 1 atom stereocenters. The van der Waals surface area contributed by atoms with Crippen molar-refractivity contribution in [1.29, 1.82) is 0 Å². The summed E-state index contributed by atoms with van der Waals surface area (Å²) in [6, 6.07) is 4.29. The van der Waals surface area contributed by atoms with Gasteiger partial charge in [0.25, 0.3) is 0 Å². The fourth-order valence-electron chi connectivity index (χ4n) is 1.33. The van der Waals surface area contributed by atoms with Gasteiger partial charge in [0.05, 0.1) is 0 Å². The molecule has 0 radical (unpaired) electrons. The molecule has 0 fully saturated rings. The maximum atomic E-state index is 11.0. The Balaban J connectivity index is 2.74. The van der Waals surface area contributed by atoms with Crippen LogP contribution >= 0.6 is 35.0 Å². The van der Waals surface area contributed by atoms with E-state index in [0.717, 1.165) is 5.75 Å². The second-order valence-electron chi connectivity index (χ2n) is 3.47. The van der Waals surface area contributed by atoms with Gasteiger partial charge in [-0.2, -0.15) is 11.8 Å². The molecule has 0 spiro atoms. The molecular weight excluding hydrogens is 281 g/mol. The Kier molecular flexibility index (Phi) is 5.95. The number of carboxylic acid groups (broad SMARTS) is 1. The molecule has 2 N–H and O–H groups in total. The molecule has 0 heterocycles. The third-order valence-corrected chi connectivity index (χ3v) is 3.19. The number of anilines is 1. The van der Waals surface area contributed by atoms with Gasteiger partial charge < -0.3 is 10.4 Å². The van der Waals surface area contributed by atoms with E-state index in [1.165, 1.54) is 0 Å². The molecule has 3 nitrogen and oxygen atoms in total. The zero-order valence-corrected chi connectivity index (χ0v) is 11.6. The summed E-state index contributed by atoms with van der Waals surface area (Å²) in [6.07, 6.45) is 2.48. The summed E-state index contributed by atoms with van der Waals surface area (Å²) in [6.45, 7) is 0. The Morgan fingerprint density at radius 3 is 2.47 bits per heavy atom. The largest absolute Gasteiger partial charge is 0.480 e. The van der Waals surface area contributed by atoms with Crippen molar-refractivity contribution in [3.8, 4) is 0 Å². The summed E-state index contributed by atoms with van der Waals surface area (Å²) in [5.41, 5.74) is 0.621. The van der Waals surface area contributed by atoms with Gasteiger partial charge in [-0.15, -0.1) is 0 Å². The van der Waals surface area contributed by atoms with Gasteiger partial charge in [0.2, 0.25) is 0 Å². The lowest BCUT2D eigenvalue weighted by Crippen LogP contribution is -2.29. The number of rotatable bonds is 6. The molecule has 94 valence electrons. The zero-order valence-electron chi connectivity index (χ0n) is 9.24. The lowest BCUT2D eigenvalue weighted by Gasteiger charge is -2.15. The average Bonchev–Trinajstić information content (AvgIpc) is 2.22. The van der Waals surface area contributed by atoms with Crippen LogP contribution in [0.4, 0.5) is 5.69 Å². The van der Waals surface area contributed by atoms with E-state index in [2.05, 4.69) is 5.32 Å². The van der Waals surface area contributed by atoms with Crippen LogP contribution in [0, 0.1) is 0 Å². The fraction of sp³-hybridized carbons (Fsp3) is 0.364. The highest BCUT2D eigenvalue weighted by Crippen LogP contribution is 2.23. The minimum Gasteiger partial charge on any atom is -0.480 e. The molecule has 0 bridgehead atoms. The highest BCUT2D eigenvalue weighted by atomic mass is 35.5. The number of carbonyl (C=O) groups is 1. The highest BCUT2D eigenvalue weighted by molar-refractivity contribution is 7.98. The summed E-state index contributed by atoms with van der Waals surface area (Å²) in [5.74, 6) is -0.103. The van der Waals surface area contributed by atoms with Gasteiger partial charge in [-0.1, -0.05) is 23.2 Å². The second-order valence-corrected chi connectivity index (χ2v) is 5.33. The van der Waals surface area contributed by atoms with Crippen LogP contribution in [0.1, 0.15) is 6.42 Å². The Morgan fingerprint density at radius 1 is 1.41 bits per heavy atom. The molecule has 1 aromatic rings. The summed E-state index contributed by atoms with van der Waals surface area (Å²) >= 11 is 13.3. The van der Waals surface area contributed by atoms with Gasteiger partial charge in [-0.3, -0.25) is 0 Å². The SMILES string of the molecule is CSCCC(Nc1cc(Cl)cc(Cl)c1)C(=O)O. The van der Waals surface area contributed by atoms with Crippen LogP contribution in [0.5, 0.6) is 0 Å². The van der Waals surface area contributed by atoms with Crippen LogP contribution in [0.25, 0.3) is 0 Å². The minimum absolute atomic E-state index is 0.481. The van der Waals surface area contributed by atoms with Crippen molar-refractivity contribution < 1.29 is 9.90 Å². The first-order valence-corrected chi connectivity index (χ1v) is 7.12. The van der Waals surface area contributed by atoms with Gasteiger partial charge in [0.1, 0.15) is 6.04 Å². The smallest absolute Gasteiger partial charge is 0.326 e. The Labute approximate surface area is 114 Å². The molecule has 0 amide bonds. The second kappa shape index (κ2) is 6.99. The van der Waals surface area contributed by atoms with Gasteiger partial charge >= 0.3 is 5.97 Å². The molecule has 0 aliphatic heterocycles. The Morgan fingerprint density at radius 2 is 2.00 bits per heavy atom. The Hall–Kier alpha value is -0.580. The Bertz CT molecular complexity index is 381. The van der Waals surface area contributed by atoms with Crippen molar-refractivity contribution in [2.75, 3.05) is 17.3 Å². The van der Waals surface area contributed by atoms with Crippen molar-refractivity contribution in [3.63, 3.8) is 0 Å². The normalized spacial score (nSPS) is 12.2. The van der Waals surface area contributed by atoms with Crippen molar-refractivity contribution in [2.24, 2.45) is 0 Å². The first kappa shape index (κ1) is 14.5. The number of benzene rings is 1. The first-order valence-electron chi connectivity index (χ1n) is 4.97. The van der Waals surface area contributed by atoms with Crippen molar-refractivity contribution in [3.05, 3.63) is 28.2 Å². The average molecular weight is 294 g/mol. The molecule has 0 saturated carbocycles. The molecule has 17 heavy (non-hydrogen) atoms. The van der Waals surface area contributed by atoms with Crippen LogP contribution < -0.4 is 5.32 Å².